The SMILES string of the molecule is CN(C(=O)c1ccc(N2CCC3(CC2)OCCO3)nc1)c1ccccc1. The lowest BCUT2D eigenvalue weighted by molar-refractivity contribution is -0.169. The lowest BCUT2D eigenvalue weighted by Crippen LogP contribution is -2.45. The summed E-state index contributed by atoms with van der Waals surface area (Å²) in [6.07, 6.45) is 3.34. The molecule has 1 spiro atoms. The second-order valence-electron chi connectivity index (χ2n) is 6.70. The maximum atomic E-state index is 12.6. The van der Waals surface area contributed by atoms with Crippen molar-refractivity contribution in [3.63, 3.8) is 0 Å². The first-order chi connectivity index (χ1) is 12.7. The smallest absolute Gasteiger partial charge is 0.259 e. The van der Waals surface area contributed by atoms with Gasteiger partial charge in [0.1, 0.15) is 5.82 Å². The van der Waals surface area contributed by atoms with E-state index in [-0.39, 0.29) is 11.7 Å². The summed E-state index contributed by atoms with van der Waals surface area (Å²) in [5, 5.41) is 0. The standard InChI is InChI=1S/C20H23N3O3/c1-22(17-5-3-2-4-6-17)19(24)16-7-8-18(21-15-16)23-11-9-20(10-12-23)25-13-14-26-20/h2-8,15H,9-14H2,1H3. The van der Waals surface area contributed by atoms with Crippen LogP contribution >= 0.6 is 0 Å². The van der Waals surface area contributed by atoms with Crippen molar-refractivity contribution in [2.45, 2.75) is 18.6 Å². The summed E-state index contributed by atoms with van der Waals surface area (Å²) in [5.41, 5.74) is 1.44. The van der Waals surface area contributed by atoms with Crippen molar-refractivity contribution in [3.05, 3.63) is 54.2 Å². The average Bonchev–Trinajstić information content (AvgIpc) is 3.16. The topological polar surface area (TPSA) is 54.9 Å². The van der Waals surface area contributed by atoms with E-state index in [4.69, 9.17) is 9.47 Å². The molecule has 26 heavy (non-hydrogen) atoms. The van der Waals surface area contributed by atoms with E-state index in [9.17, 15) is 4.79 Å². The van der Waals surface area contributed by atoms with Gasteiger partial charge in [0.25, 0.3) is 5.91 Å². The molecule has 6 nitrogen and oxygen atoms in total. The molecule has 2 aliphatic heterocycles. The number of aromatic nitrogens is 1. The second-order valence-corrected chi connectivity index (χ2v) is 6.70. The number of amides is 1. The molecule has 136 valence electrons. The first kappa shape index (κ1) is 17.0. The molecule has 2 fully saturated rings. The van der Waals surface area contributed by atoms with E-state index in [0.29, 0.717) is 18.8 Å². The van der Waals surface area contributed by atoms with Crippen LogP contribution < -0.4 is 9.80 Å². The zero-order valence-electron chi connectivity index (χ0n) is 14.9. The predicted octanol–water partition coefficient (Wildman–Crippen LogP) is 2.70. The molecule has 2 saturated heterocycles. The monoisotopic (exact) mass is 353 g/mol. The van der Waals surface area contributed by atoms with Crippen LogP contribution in [-0.2, 0) is 9.47 Å². The van der Waals surface area contributed by atoms with E-state index in [2.05, 4.69) is 9.88 Å². The molecule has 2 aromatic rings. The Morgan fingerprint density at radius 2 is 1.77 bits per heavy atom. The summed E-state index contributed by atoms with van der Waals surface area (Å²) in [6, 6.07) is 13.4. The van der Waals surface area contributed by atoms with Gasteiger partial charge in [-0.05, 0) is 24.3 Å². The Balaban J connectivity index is 1.41. The second kappa shape index (κ2) is 7.05. The largest absolute Gasteiger partial charge is 0.356 e. The number of benzene rings is 1. The Kier molecular flexibility index (Phi) is 4.61. The highest BCUT2D eigenvalue weighted by Crippen LogP contribution is 2.32. The molecular formula is C20H23N3O3. The summed E-state index contributed by atoms with van der Waals surface area (Å²) < 4.78 is 11.5. The normalized spacial score (nSPS) is 18.9. The number of hydrogen-bond acceptors (Lipinski definition) is 5. The fourth-order valence-electron chi connectivity index (χ4n) is 3.52. The van der Waals surface area contributed by atoms with Gasteiger partial charge in [0, 0.05) is 44.9 Å². The number of rotatable bonds is 3. The first-order valence-electron chi connectivity index (χ1n) is 8.99. The molecule has 0 aliphatic carbocycles. The quantitative estimate of drug-likeness (QED) is 0.849. The third-order valence-electron chi connectivity index (χ3n) is 5.11. The van der Waals surface area contributed by atoms with Crippen LogP contribution in [0.15, 0.2) is 48.7 Å². The molecule has 0 atom stereocenters. The van der Waals surface area contributed by atoms with Crippen LogP contribution in [-0.4, -0.2) is 50.0 Å². The molecule has 0 radical (unpaired) electrons. The van der Waals surface area contributed by atoms with Crippen molar-refractivity contribution < 1.29 is 14.3 Å². The molecule has 1 aromatic heterocycles. The van der Waals surface area contributed by atoms with Crippen molar-refractivity contribution in [1.82, 2.24) is 4.98 Å². The minimum absolute atomic E-state index is 0.0689. The molecule has 1 aromatic carbocycles. The van der Waals surface area contributed by atoms with Gasteiger partial charge in [-0.15, -0.1) is 0 Å². The first-order valence-corrected chi connectivity index (χ1v) is 8.99. The maximum absolute atomic E-state index is 12.6. The van der Waals surface area contributed by atoms with Gasteiger partial charge >= 0.3 is 0 Å². The van der Waals surface area contributed by atoms with Crippen molar-refractivity contribution >= 4 is 17.4 Å². The van der Waals surface area contributed by atoms with Crippen molar-refractivity contribution in [3.8, 4) is 0 Å². The van der Waals surface area contributed by atoms with Crippen LogP contribution in [0.4, 0.5) is 11.5 Å². The van der Waals surface area contributed by atoms with Crippen LogP contribution in [0.2, 0.25) is 0 Å². The summed E-state index contributed by atoms with van der Waals surface area (Å²) in [5.74, 6) is 0.433. The van der Waals surface area contributed by atoms with E-state index in [1.54, 1.807) is 18.1 Å². The van der Waals surface area contributed by atoms with Crippen LogP contribution in [0.1, 0.15) is 23.2 Å². The third kappa shape index (κ3) is 3.30. The highest BCUT2D eigenvalue weighted by atomic mass is 16.7. The number of carbonyl (C=O) groups excluding carboxylic acids is 1. The van der Waals surface area contributed by atoms with Gasteiger partial charge in [-0.2, -0.15) is 0 Å². The zero-order valence-corrected chi connectivity index (χ0v) is 14.9. The van der Waals surface area contributed by atoms with Gasteiger partial charge in [-0.1, -0.05) is 18.2 Å². The summed E-state index contributed by atoms with van der Waals surface area (Å²) in [4.78, 5) is 21.0. The Bertz CT molecular complexity index is 748. The average molecular weight is 353 g/mol. The number of piperidine rings is 1. The molecular weight excluding hydrogens is 330 g/mol. The number of anilines is 2. The van der Waals surface area contributed by atoms with Crippen molar-refractivity contribution in [2.75, 3.05) is 43.2 Å². The van der Waals surface area contributed by atoms with Crippen molar-refractivity contribution in [2.24, 2.45) is 0 Å². The number of carbonyl (C=O) groups is 1. The van der Waals surface area contributed by atoms with Gasteiger partial charge in [-0.25, -0.2) is 4.98 Å². The van der Waals surface area contributed by atoms with Gasteiger partial charge in [0.2, 0.25) is 0 Å². The number of para-hydroxylation sites is 1. The molecule has 2 aliphatic rings. The number of ether oxygens (including phenoxy) is 2. The maximum Gasteiger partial charge on any atom is 0.259 e. The summed E-state index contributed by atoms with van der Waals surface area (Å²) >= 11 is 0. The number of pyridine rings is 1. The molecule has 3 heterocycles. The highest BCUT2D eigenvalue weighted by Gasteiger charge is 2.40. The van der Waals surface area contributed by atoms with E-state index >= 15 is 0 Å². The molecule has 6 heteroatoms. The van der Waals surface area contributed by atoms with E-state index in [1.807, 2.05) is 42.5 Å². The molecule has 0 N–H and O–H groups in total. The number of hydrogen-bond donors (Lipinski definition) is 0. The summed E-state index contributed by atoms with van der Waals surface area (Å²) in [7, 11) is 1.78. The van der Waals surface area contributed by atoms with Gasteiger partial charge in [0.15, 0.2) is 5.79 Å². The van der Waals surface area contributed by atoms with Crippen LogP contribution in [0.25, 0.3) is 0 Å². The molecule has 0 bridgehead atoms. The highest BCUT2D eigenvalue weighted by molar-refractivity contribution is 6.05. The lowest BCUT2D eigenvalue weighted by Gasteiger charge is -2.38. The van der Waals surface area contributed by atoms with Crippen LogP contribution in [0, 0.1) is 0 Å². The Labute approximate surface area is 153 Å². The van der Waals surface area contributed by atoms with Crippen LogP contribution in [0.5, 0.6) is 0 Å². The van der Waals surface area contributed by atoms with Gasteiger partial charge in [-0.3, -0.25) is 4.79 Å². The minimum Gasteiger partial charge on any atom is -0.356 e. The van der Waals surface area contributed by atoms with E-state index in [1.165, 1.54) is 0 Å². The van der Waals surface area contributed by atoms with Gasteiger partial charge < -0.3 is 19.3 Å². The number of nitrogens with zero attached hydrogens (tertiary/aromatic N) is 3. The lowest BCUT2D eigenvalue weighted by atomic mass is 10.0. The fraction of sp³-hybridized carbons (Fsp3) is 0.400. The predicted molar refractivity (Wildman–Crippen MR) is 99.5 cm³/mol. The molecule has 1 amide bonds. The van der Waals surface area contributed by atoms with E-state index < -0.39 is 0 Å². The molecule has 0 unspecified atom stereocenters. The third-order valence-corrected chi connectivity index (χ3v) is 5.11. The fourth-order valence-corrected chi connectivity index (χ4v) is 3.52. The minimum atomic E-state index is -0.384. The Morgan fingerprint density at radius 1 is 1.08 bits per heavy atom. The Morgan fingerprint density at radius 3 is 2.38 bits per heavy atom. The molecule has 4 rings (SSSR count). The molecule has 0 saturated carbocycles. The van der Waals surface area contributed by atoms with E-state index in [0.717, 1.165) is 37.4 Å². The Hall–Kier alpha value is -2.44. The van der Waals surface area contributed by atoms with Gasteiger partial charge in [0.05, 0.1) is 18.8 Å². The summed E-state index contributed by atoms with van der Waals surface area (Å²) in [6.45, 7) is 3.04. The van der Waals surface area contributed by atoms with Crippen molar-refractivity contribution in [1.29, 1.82) is 0 Å². The zero-order chi connectivity index (χ0) is 18.0. The van der Waals surface area contributed by atoms with Crippen LogP contribution in [0.3, 0.4) is 0 Å².